The predicted molar refractivity (Wildman–Crippen MR) is 123 cm³/mol. The third-order valence-electron chi connectivity index (χ3n) is 5.06. The summed E-state index contributed by atoms with van der Waals surface area (Å²) in [5, 5.41) is 7.70. The molecule has 0 fully saturated rings. The van der Waals surface area contributed by atoms with E-state index in [1.807, 2.05) is 38.1 Å². The second kappa shape index (κ2) is 9.87. The summed E-state index contributed by atoms with van der Waals surface area (Å²) in [5.41, 5.74) is 3.38. The van der Waals surface area contributed by atoms with Crippen LogP contribution in [0.4, 0.5) is 0 Å². The smallest absolute Gasteiger partial charge is 0.277 e. The van der Waals surface area contributed by atoms with Gasteiger partial charge in [0.15, 0.2) is 0 Å². The van der Waals surface area contributed by atoms with Gasteiger partial charge in [-0.1, -0.05) is 25.5 Å². The summed E-state index contributed by atoms with van der Waals surface area (Å²) in [4.78, 5) is 30.5. The lowest BCUT2D eigenvalue weighted by molar-refractivity contribution is 0.0954. The third kappa shape index (κ3) is 5.19. The van der Waals surface area contributed by atoms with E-state index in [-0.39, 0.29) is 11.5 Å². The van der Waals surface area contributed by atoms with Crippen LogP contribution in [0.3, 0.4) is 0 Å². The van der Waals surface area contributed by atoms with Crippen molar-refractivity contribution in [1.82, 2.24) is 20.1 Å². The number of aryl methyl sites for hydroxylation is 3. The predicted octanol–water partition coefficient (Wildman–Crippen LogP) is 3.94. The Labute approximate surface area is 186 Å². The number of benzene rings is 1. The Bertz CT molecular complexity index is 1150. The maximum absolute atomic E-state index is 12.8. The molecule has 0 bridgehead atoms. The number of ether oxygens (including phenoxy) is 1. The van der Waals surface area contributed by atoms with Gasteiger partial charge in [0.1, 0.15) is 15.6 Å². The second-order valence-corrected chi connectivity index (χ2v) is 8.48. The van der Waals surface area contributed by atoms with Crippen molar-refractivity contribution in [2.24, 2.45) is 7.05 Å². The van der Waals surface area contributed by atoms with Crippen LogP contribution >= 0.6 is 11.3 Å². The van der Waals surface area contributed by atoms with Crippen molar-refractivity contribution < 1.29 is 9.53 Å². The first-order chi connectivity index (χ1) is 14.8. The first kappa shape index (κ1) is 22.7. The molecular formula is C23H28N4O3S. The van der Waals surface area contributed by atoms with Crippen molar-refractivity contribution in [3.63, 3.8) is 0 Å². The Morgan fingerprint density at radius 3 is 2.74 bits per heavy atom. The van der Waals surface area contributed by atoms with Crippen LogP contribution in [0, 0.1) is 20.8 Å². The molecule has 1 aromatic carbocycles. The van der Waals surface area contributed by atoms with E-state index in [9.17, 15) is 9.59 Å². The van der Waals surface area contributed by atoms with Crippen LogP contribution < -0.4 is 15.6 Å². The maximum Gasteiger partial charge on any atom is 0.277 e. The minimum Gasteiger partial charge on any atom is -0.494 e. The van der Waals surface area contributed by atoms with Crippen LogP contribution in [0.15, 0.2) is 29.1 Å². The monoisotopic (exact) mass is 440 g/mol. The Balaban J connectivity index is 1.76. The highest BCUT2D eigenvalue weighted by atomic mass is 32.1. The molecule has 3 aromatic rings. The Morgan fingerprint density at radius 1 is 1.23 bits per heavy atom. The number of hydrogen-bond acceptors (Lipinski definition) is 6. The molecular weight excluding hydrogens is 412 g/mol. The van der Waals surface area contributed by atoms with Crippen molar-refractivity contribution >= 4 is 17.2 Å². The molecule has 0 radical (unpaired) electrons. The Morgan fingerprint density at radius 2 is 2.00 bits per heavy atom. The van der Waals surface area contributed by atoms with Gasteiger partial charge in [-0.05, 0) is 50.5 Å². The molecule has 3 rings (SSSR count). The third-order valence-corrected chi connectivity index (χ3v) is 6.23. The zero-order chi connectivity index (χ0) is 22.5. The Kier molecular flexibility index (Phi) is 7.22. The van der Waals surface area contributed by atoms with Crippen molar-refractivity contribution in [1.29, 1.82) is 0 Å². The van der Waals surface area contributed by atoms with Crippen LogP contribution in [-0.2, 0) is 13.6 Å². The standard InChI is InChI=1S/C23H28N4O3S/c1-6-7-11-30-18-10-8-9-17(12-18)13-24-21(28)20-16(4)25-22(31-20)19-14(2)15(3)26-27(5)23(19)29/h8-10,12H,6-7,11,13H2,1-5H3,(H,24,28). The number of rotatable bonds is 8. The average Bonchev–Trinajstić information content (AvgIpc) is 3.12. The molecule has 0 aliphatic carbocycles. The Hall–Kier alpha value is -3.00. The van der Waals surface area contributed by atoms with Gasteiger partial charge in [0.2, 0.25) is 0 Å². The van der Waals surface area contributed by atoms with E-state index in [4.69, 9.17) is 4.74 Å². The molecule has 2 heterocycles. The number of carbonyl (C=O) groups is 1. The zero-order valence-corrected chi connectivity index (χ0v) is 19.4. The molecule has 0 saturated heterocycles. The van der Waals surface area contributed by atoms with Crippen LogP contribution in [0.25, 0.3) is 10.6 Å². The van der Waals surface area contributed by atoms with Gasteiger partial charge in [-0.3, -0.25) is 9.59 Å². The van der Waals surface area contributed by atoms with Crippen molar-refractivity contribution in [3.05, 3.63) is 62.0 Å². The van der Waals surface area contributed by atoms with E-state index >= 15 is 0 Å². The molecule has 31 heavy (non-hydrogen) atoms. The van der Waals surface area contributed by atoms with E-state index in [2.05, 4.69) is 22.3 Å². The average molecular weight is 441 g/mol. The van der Waals surface area contributed by atoms with Crippen LogP contribution in [-0.4, -0.2) is 27.3 Å². The molecule has 0 saturated carbocycles. The number of hydrogen-bond donors (Lipinski definition) is 1. The SMILES string of the molecule is CCCCOc1cccc(CNC(=O)c2sc(-c3c(C)c(C)nn(C)c3=O)nc2C)c1. The maximum atomic E-state index is 12.8. The fourth-order valence-corrected chi connectivity index (χ4v) is 4.23. The second-order valence-electron chi connectivity index (χ2n) is 7.48. The fraction of sp³-hybridized carbons (Fsp3) is 0.391. The minimum absolute atomic E-state index is 0.209. The van der Waals surface area contributed by atoms with Gasteiger partial charge in [-0.25, -0.2) is 9.67 Å². The lowest BCUT2D eigenvalue weighted by Gasteiger charge is -2.08. The highest BCUT2D eigenvalue weighted by Crippen LogP contribution is 2.28. The first-order valence-corrected chi connectivity index (χ1v) is 11.2. The number of carbonyl (C=O) groups excluding carboxylic acids is 1. The van der Waals surface area contributed by atoms with Crippen LogP contribution in [0.1, 0.15) is 52.0 Å². The summed E-state index contributed by atoms with van der Waals surface area (Å²) < 4.78 is 7.04. The molecule has 0 unspecified atom stereocenters. The van der Waals surface area contributed by atoms with Crippen LogP contribution in [0.2, 0.25) is 0 Å². The van der Waals surface area contributed by atoms with Gasteiger partial charge in [-0.15, -0.1) is 11.3 Å². The van der Waals surface area contributed by atoms with E-state index in [1.54, 1.807) is 14.0 Å². The molecule has 164 valence electrons. The summed E-state index contributed by atoms with van der Waals surface area (Å²) >= 11 is 1.23. The number of nitrogens with one attached hydrogen (secondary N) is 1. The highest BCUT2D eigenvalue weighted by molar-refractivity contribution is 7.17. The van der Waals surface area contributed by atoms with E-state index in [0.717, 1.165) is 35.4 Å². The first-order valence-electron chi connectivity index (χ1n) is 10.3. The number of nitrogens with zero attached hydrogens (tertiary/aromatic N) is 3. The van der Waals surface area contributed by atoms with Gasteiger partial charge in [0.25, 0.3) is 11.5 Å². The minimum atomic E-state index is -0.219. The fourth-order valence-electron chi connectivity index (χ4n) is 3.16. The van der Waals surface area contributed by atoms with Crippen molar-refractivity contribution in [3.8, 4) is 16.3 Å². The molecule has 0 spiro atoms. The van der Waals surface area contributed by atoms with Gasteiger partial charge in [0, 0.05) is 13.6 Å². The summed E-state index contributed by atoms with van der Waals surface area (Å²) in [5.74, 6) is 0.592. The topological polar surface area (TPSA) is 86.1 Å². The molecule has 1 amide bonds. The number of aromatic nitrogens is 3. The van der Waals surface area contributed by atoms with E-state index < -0.39 is 0 Å². The summed E-state index contributed by atoms with van der Waals surface area (Å²) in [6.07, 6.45) is 2.09. The van der Waals surface area contributed by atoms with Crippen molar-refractivity contribution in [2.75, 3.05) is 6.61 Å². The quantitative estimate of drug-likeness (QED) is 0.536. The van der Waals surface area contributed by atoms with Crippen molar-refractivity contribution in [2.45, 2.75) is 47.1 Å². The number of thiazole rings is 1. The van der Waals surface area contributed by atoms with Gasteiger partial charge < -0.3 is 10.1 Å². The molecule has 0 aliphatic rings. The summed E-state index contributed by atoms with van der Waals surface area (Å²) in [6, 6.07) is 7.72. The molecule has 8 heteroatoms. The highest BCUT2D eigenvalue weighted by Gasteiger charge is 2.21. The number of unbranched alkanes of at least 4 members (excludes halogenated alkanes) is 1. The largest absolute Gasteiger partial charge is 0.494 e. The van der Waals surface area contributed by atoms with Gasteiger partial charge in [0.05, 0.1) is 23.6 Å². The number of amides is 1. The lowest BCUT2D eigenvalue weighted by Crippen LogP contribution is -2.23. The molecule has 2 aromatic heterocycles. The zero-order valence-electron chi connectivity index (χ0n) is 18.6. The molecule has 0 aliphatic heterocycles. The molecule has 1 N–H and O–H groups in total. The lowest BCUT2D eigenvalue weighted by atomic mass is 10.1. The summed E-state index contributed by atoms with van der Waals surface area (Å²) in [6.45, 7) is 8.67. The van der Waals surface area contributed by atoms with Crippen LogP contribution in [0.5, 0.6) is 5.75 Å². The van der Waals surface area contributed by atoms with Gasteiger partial charge in [-0.2, -0.15) is 5.10 Å². The molecule has 7 nitrogen and oxygen atoms in total. The van der Waals surface area contributed by atoms with E-state index in [1.165, 1.54) is 16.0 Å². The van der Waals surface area contributed by atoms with E-state index in [0.29, 0.717) is 34.3 Å². The molecule has 0 atom stereocenters. The normalized spacial score (nSPS) is 10.9. The summed E-state index contributed by atoms with van der Waals surface area (Å²) in [7, 11) is 1.62. The van der Waals surface area contributed by atoms with Gasteiger partial charge >= 0.3 is 0 Å².